The van der Waals surface area contributed by atoms with Crippen molar-refractivity contribution in [2.75, 3.05) is 14.2 Å². The van der Waals surface area contributed by atoms with E-state index in [9.17, 15) is 4.79 Å². The van der Waals surface area contributed by atoms with Gasteiger partial charge in [0.1, 0.15) is 0 Å². The standard InChI is InChI=1S/C18H18O3/c1-20-17-9-15(11-19)16(10-18(17)21-2)14-7-6-12-4-3-5-13(12)8-14/h6-11H,3-5H2,1-2H3. The lowest BCUT2D eigenvalue weighted by molar-refractivity contribution is 0.112. The van der Waals surface area contributed by atoms with Crippen molar-refractivity contribution in [1.82, 2.24) is 0 Å². The summed E-state index contributed by atoms with van der Waals surface area (Å²) >= 11 is 0. The lowest BCUT2D eigenvalue weighted by atomic mass is 9.96. The molecule has 1 aliphatic carbocycles. The monoisotopic (exact) mass is 282 g/mol. The molecule has 0 aromatic heterocycles. The van der Waals surface area contributed by atoms with Gasteiger partial charge in [-0.05, 0) is 53.6 Å². The first-order valence-electron chi connectivity index (χ1n) is 7.10. The molecule has 0 radical (unpaired) electrons. The summed E-state index contributed by atoms with van der Waals surface area (Å²) in [7, 11) is 3.17. The van der Waals surface area contributed by atoms with Gasteiger partial charge in [0.2, 0.25) is 0 Å². The summed E-state index contributed by atoms with van der Waals surface area (Å²) in [5.41, 5.74) is 5.37. The zero-order valence-electron chi connectivity index (χ0n) is 12.3. The average Bonchev–Trinajstić information content (AvgIpc) is 3.00. The number of ether oxygens (including phenoxy) is 2. The Labute approximate surface area is 124 Å². The predicted octanol–water partition coefficient (Wildman–Crippen LogP) is 3.67. The molecule has 0 saturated heterocycles. The first-order valence-corrected chi connectivity index (χ1v) is 7.10. The molecule has 0 unspecified atom stereocenters. The molecule has 3 rings (SSSR count). The number of carbonyl (C=O) groups is 1. The van der Waals surface area contributed by atoms with E-state index >= 15 is 0 Å². The summed E-state index contributed by atoms with van der Waals surface area (Å²) in [6.45, 7) is 0. The Hall–Kier alpha value is -2.29. The third kappa shape index (κ3) is 2.40. The number of carbonyl (C=O) groups excluding carboxylic acids is 1. The van der Waals surface area contributed by atoms with E-state index < -0.39 is 0 Å². The third-order valence-corrected chi connectivity index (χ3v) is 4.09. The van der Waals surface area contributed by atoms with Gasteiger partial charge in [-0.2, -0.15) is 0 Å². The quantitative estimate of drug-likeness (QED) is 0.803. The Morgan fingerprint density at radius 1 is 0.952 bits per heavy atom. The van der Waals surface area contributed by atoms with Crippen LogP contribution in [0.4, 0.5) is 0 Å². The molecule has 2 aromatic rings. The molecule has 0 amide bonds. The van der Waals surface area contributed by atoms with E-state index in [-0.39, 0.29) is 0 Å². The summed E-state index contributed by atoms with van der Waals surface area (Å²) in [6, 6.07) is 10.0. The smallest absolute Gasteiger partial charge is 0.161 e. The number of benzene rings is 2. The Morgan fingerprint density at radius 2 is 1.67 bits per heavy atom. The van der Waals surface area contributed by atoms with Crippen LogP contribution in [-0.2, 0) is 12.8 Å². The largest absolute Gasteiger partial charge is 0.493 e. The summed E-state index contributed by atoms with van der Waals surface area (Å²) in [6.07, 6.45) is 4.35. The fraction of sp³-hybridized carbons (Fsp3) is 0.278. The van der Waals surface area contributed by atoms with Gasteiger partial charge in [-0.1, -0.05) is 18.2 Å². The maximum atomic E-state index is 11.4. The fourth-order valence-corrected chi connectivity index (χ4v) is 2.98. The van der Waals surface area contributed by atoms with Crippen LogP contribution in [0.5, 0.6) is 11.5 Å². The maximum Gasteiger partial charge on any atom is 0.161 e. The Morgan fingerprint density at radius 3 is 2.38 bits per heavy atom. The molecule has 1 aliphatic rings. The van der Waals surface area contributed by atoms with Gasteiger partial charge in [-0.25, -0.2) is 0 Å². The van der Waals surface area contributed by atoms with Crippen LogP contribution in [0.3, 0.4) is 0 Å². The van der Waals surface area contributed by atoms with Crippen molar-refractivity contribution < 1.29 is 14.3 Å². The molecule has 21 heavy (non-hydrogen) atoms. The number of methoxy groups -OCH3 is 2. The zero-order valence-corrected chi connectivity index (χ0v) is 12.3. The van der Waals surface area contributed by atoms with Crippen LogP contribution in [0.1, 0.15) is 27.9 Å². The Kier molecular flexibility index (Phi) is 3.65. The first kappa shape index (κ1) is 13.7. The van der Waals surface area contributed by atoms with Gasteiger partial charge in [0, 0.05) is 5.56 Å². The zero-order chi connectivity index (χ0) is 14.8. The van der Waals surface area contributed by atoms with Crippen LogP contribution in [0.2, 0.25) is 0 Å². The highest BCUT2D eigenvalue weighted by Gasteiger charge is 2.15. The minimum absolute atomic E-state index is 0.574. The van der Waals surface area contributed by atoms with Crippen molar-refractivity contribution in [3.8, 4) is 22.6 Å². The minimum Gasteiger partial charge on any atom is -0.493 e. The fourth-order valence-electron chi connectivity index (χ4n) is 2.98. The summed E-state index contributed by atoms with van der Waals surface area (Å²) < 4.78 is 10.6. The van der Waals surface area contributed by atoms with Gasteiger partial charge >= 0.3 is 0 Å². The normalized spacial score (nSPS) is 12.9. The molecule has 0 spiro atoms. The molecule has 2 aromatic carbocycles. The van der Waals surface area contributed by atoms with Gasteiger partial charge in [-0.15, -0.1) is 0 Å². The predicted molar refractivity (Wildman–Crippen MR) is 82.4 cm³/mol. The van der Waals surface area contributed by atoms with Crippen LogP contribution in [0, 0.1) is 0 Å². The van der Waals surface area contributed by atoms with Gasteiger partial charge in [0.25, 0.3) is 0 Å². The minimum atomic E-state index is 0.574. The first-order chi connectivity index (χ1) is 10.3. The molecule has 0 aliphatic heterocycles. The molecule has 108 valence electrons. The Balaban J connectivity index is 2.14. The lowest BCUT2D eigenvalue weighted by Crippen LogP contribution is -1.96. The lowest BCUT2D eigenvalue weighted by Gasteiger charge is -2.13. The van der Waals surface area contributed by atoms with E-state index in [0.717, 1.165) is 30.3 Å². The van der Waals surface area contributed by atoms with Crippen molar-refractivity contribution >= 4 is 6.29 Å². The highest BCUT2D eigenvalue weighted by molar-refractivity contribution is 5.89. The van der Waals surface area contributed by atoms with Crippen LogP contribution in [0.15, 0.2) is 30.3 Å². The molecule has 0 fully saturated rings. The van der Waals surface area contributed by atoms with E-state index in [0.29, 0.717) is 17.1 Å². The molecule has 0 saturated carbocycles. The van der Waals surface area contributed by atoms with E-state index in [2.05, 4.69) is 18.2 Å². The molecule has 3 nitrogen and oxygen atoms in total. The van der Waals surface area contributed by atoms with Crippen molar-refractivity contribution in [2.45, 2.75) is 19.3 Å². The summed E-state index contributed by atoms with van der Waals surface area (Å²) in [4.78, 5) is 11.4. The van der Waals surface area contributed by atoms with Gasteiger partial charge in [0.05, 0.1) is 14.2 Å². The molecular weight excluding hydrogens is 264 g/mol. The number of aldehydes is 1. The highest BCUT2D eigenvalue weighted by atomic mass is 16.5. The van der Waals surface area contributed by atoms with E-state index in [1.54, 1.807) is 20.3 Å². The van der Waals surface area contributed by atoms with Crippen LogP contribution < -0.4 is 9.47 Å². The van der Waals surface area contributed by atoms with Crippen molar-refractivity contribution in [3.63, 3.8) is 0 Å². The number of hydrogen-bond donors (Lipinski definition) is 0. The topological polar surface area (TPSA) is 35.5 Å². The number of fused-ring (bicyclic) bond motifs is 1. The molecule has 0 atom stereocenters. The second-order valence-corrected chi connectivity index (χ2v) is 5.25. The second-order valence-electron chi connectivity index (χ2n) is 5.25. The average molecular weight is 282 g/mol. The third-order valence-electron chi connectivity index (χ3n) is 4.09. The second kappa shape index (κ2) is 5.60. The van der Waals surface area contributed by atoms with Crippen molar-refractivity contribution in [2.24, 2.45) is 0 Å². The van der Waals surface area contributed by atoms with E-state index in [4.69, 9.17) is 9.47 Å². The molecule has 0 N–H and O–H groups in total. The molecule has 0 heterocycles. The maximum absolute atomic E-state index is 11.4. The molecule has 3 heteroatoms. The van der Waals surface area contributed by atoms with Crippen molar-refractivity contribution in [1.29, 1.82) is 0 Å². The van der Waals surface area contributed by atoms with Crippen LogP contribution >= 0.6 is 0 Å². The summed E-state index contributed by atoms with van der Waals surface area (Å²) in [5.74, 6) is 1.21. The highest BCUT2D eigenvalue weighted by Crippen LogP contribution is 2.36. The summed E-state index contributed by atoms with van der Waals surface area (Å²) in [5, 5.41) is 0. The molecule has 0 bridgehead atoms. The number of rotatable bonds is 4. The van der Waals surface area contributed by atoms with Gasteiger partial charge < -0.3 is 9.47 Å². The molecular formula is C18H18O3. The van der Waals surface area contributed by atoms with Gasteiger partial charge in [-0.3, -0.25) is 4.79 Å². The Bertz CT molecular complexity index is 689. The van der Waals surface area contributed by atoms with E-state index in [1.807, 2.05) is 6.07 Å². The van der Waals surface area contributed by atoms with Crippen molar-refractivity contribution in [3.05, 3.63) is 47.0 Å². The number of aryl methyl sites for hydroxylation is 2. The SMILES string of the molecule is COc1cc(C=O)c(-c2ccc3c(c2)CCC3)cc1OC. The van der Waals surface area contributed by atoms with Crippen LogP contribution in [-0.4, -0.2) is 20.5 Å². The van der Waals surface area contributed by atoms with E-state index in [1.165, 1.54) is 17.5 Å². The number of hydrogen-bond acceptors (Lipinski definition) is 3. The van der Waals surface area contributed by atoms with Gasteiger partial charge in [0.15, 0.2) is 17.8 Å². The van der Waals surface area contributed by atoms with Crippen LogP contribution in [0.25, 0.3) is 11.1 Å².